The fraction of sp³-hybridized carbons (Fsp3) is 0.719. The molecular formula is C32H55N3OSi. The highest BCUT2D eigenvalue weighted by Gasteiger charge is 2.10. The van der Waals surface area contributed by atoms with E-state index in [-0.39, 0.29) is 9.52 Å². The van der Waals surface area contributed by atoms with Gasteiger partial charge in [0.15, 0.2) is 0 Å². The molecule has 0 saturated carbocycles. The quantitative estimate of drug-likeness (QED) is 0.115. The maximum atomic E-state index is 5.81. The molecule has 0 saturated heterocycles. The summed E-state index contributed by atoms with van der Waals surface area (Å²) in [5.41, 5.74) is 1.89. The summed E-state index contributed by atoms with van der Waals surface area (Å²) in [7, 11) is -0.368. The molecular weight excluding hydrogens is 470 g/mol. The number of rotatable bonds is 22. The first-order chi connectivity index (χ1) is 18.1. The summed E-state index contributed by atoms with van der Waals surface area (Å²) in [5.74, 6) is 2.37. The summed E-state index contributed by atoms with van der Waals surface area (Å²) >= 11 is 0. The molecule has 208 valence electrons. The van der Waals surface area contributed by atoms with Crippen molar-refractivity contribution in [3.05, 3.63) is 30.5 Å². The summed E-state index contributed by atoms with van der Waals surface area (Å²) in [4.78, 5) is 4.68. The summed E-state index contributed by atoms with van der Waals surface area (Å²) < 4.78 is 5.81. The van der Waals surface area contributed by atoms with E-state index in [2.05, 4.69) is 55.0 Å². The van der Waals surface area contributed by atoms with Crippen molar-refractivity contribution in [2.45, 2.75) is 130 Å². The van der Waals surface area contributed by atoms with Gasteiger partial charge in [0.05, 0.1) is 21.8 Å². The number of pyridine rings is 1. The van der Waals surface area contributed by atoms with Gasteiger partial charge in [-0.15, -0.1) is 10.2 Å². The average molecular weight is 526 g/mol. The van der Waals surface area contributed by atoms with Gasteiger partial charge in [0.1, 0.15) is 5.69 Å². The number of aromatic nitrogens is 3. The van der Waals surface area contributed by atoms with Crippen LogP contribution in [-0.4, -0.2) is 31.3 Å². The predicted octanol–water partition coefficient (Wildman–Crippen LogP) is 8.29. The van der Waals surface area contributed by atoms with Gasteiger partial charge < -0.3 is 4.74 Å². The van der Waals surface area contributed by atoms with E-state index in [1.54, 1.807) is 0 Å². The Bertz CT molecular complexity index is 814. The van der Waals surface area contributed by atoms with Crippen LogP contribution in [0, 0.1) is 11.8 Å². The van der Waals surface area contributed by atoms with E-state index in [1.165, 1.54) is 101 Å². The number of hydrogen-bond acceptors (Lipinski definition) is 4. The van der Waals surface area contributed by atoms with E-state index in [4.69, 9.17) is 4.74 Å². The molecule has 5 heteroatoms. The van der Waals surface area contributed by atoms with Crippen LogP contribution in [0.1, 0.15) is 124 Å². The van der Waals surface area contributed by atoms with Gasteiger partial charge in [0.2, 0.25) is 5.88 Å². The number of unbranched alkanes of at least 4 members (excludes halogenated alkanes) is 7. The molecule has 0 spiro atoms. The lowest BCUT2D eigenvalue weighted by Gasteiger charge is -2.14. The standard InChI is InChI=1S/C32H55N3OSi/c1-5-7-9-10-11-13-25-36-31-23-22-29(34-35-31)32-30(21-15-24-33-32)37-26-16-20-28(4)19-14-18-27(3)17-12-8-6-2/h15,21-24,27-28H,5-14,16-20,25-26,37H2,1-4H3. The Morgan fingerprint density at radius 1 is 0.730 bits per heavy atom. The number of nitrogens with zero attached hydrogens (tertiary/aromatic N) is 3. The van der Waals surface area contributed by atoms with Crippen LogP contribution < -0.4 is 9.92 Å². The van der Waals surface area contributed by atoms with Gasteiger partial charge in [-0.2, -0.15) is 0 Å². The molecule has 0 N–H and O–H groups in total. The molecule has 2 aromatic rings. The van der Waals surface area contributed by atoms with E-state index in [0.717, 1.165) is 36.3 Å². The summed E-state index contributed by atoms with van der Waals surface area (Å²) in [5, 5.41) is 10.2. The molecule has 0 aliphatic heterocycles. The zero-order valence-electron chi connectivity index (χ0n) is 24.5. The molecule has 4 nitrogen and oxygen atoms in total. The van der Waals surface area contributed by atoms with Crippen molar-refractivity contribution in [1.29, 1.82) is 0 Å². The van der Waals surface area contributed by atoms with Gasteiger partial charge in [-0.1, -0.05) is 130 Å². The zero-order chi connectivity index (χ0) is 26.6. The van der Waals surface area contributed by atoms with Crippen molar-refractivity contribution >= 4 is 14.7 Å². The molecule has 37 heavy (non-hydrogen) atoms. The molecule has 0 fully saturated rings. The molecule has 0 aliphatic rings. The van der Waals surface area contributed by atoms with E-state index < -0.39 is 0 Å². The van der Waals surface area contributed by atoms with Crippen LogP contribution in [0.2, 0.25) is 6.04 Å². The Balaban J connectivity index is 1.68. The average Bonchev–Trinajstić information content (AvgIpc) is 2.91. The summed E-state index contributed by atoms with van der Waals surface area (Å²) in [6.45, 7) is 10.2. The van der Waals surface area contributed by atoms with Crippen molar-refractivity contribution in [2.24, 2.45) is 11.8 Å². The van der Waals surface area contributed by atoms with Crippen LogP contribution in [0.5, 0.6) is 5.88 Å². The Kier molecular flexibility index (Phi) is 17.2. The van der Waals surface area contributed by atoms with Crippen molar-refractivity contribution in [3.63, 3.8) is 0 Å². The van der Waals surface area contributed by atoms with Crippen molar-refractivity contribution in [3.8, 4) is 17.3 Å². The van der Waals surface area contributed by atoms with Crippen LogP contribution in [0.3, 0.4) is 0 Å². The Morgan fingerprint density at radius 2 is 1.41 bits per heavy atom. The lowest BCUT2D eigenvalue weighted by atomic mass is 9.93. The van der Waals surface area contributed by atoms with Crippen molar-refractivity contribution < 1.29 is 4.74 Å². The molecule has 2 rings (SSSR count). The maximum Gasteiger partial charge on any atom is 0.233 e. The van der Waals surface area contributed by atoms with E-state index in [0.29, 0.717) is 5.88 Å². The van der Waals surface area contributed by atoms with Gasteiger partial charge in [0, 0.05) is 12.3 Å². The second-order valence-corrected chi connectivity index (χ2v) is 13.2. The minimum absolute atomic E-state index is 0.368. The molecule has 2 heterocycles. The highest BCUT2D eigenvalue weighted by molar-refractivity contribution is 6.55. The highest BCUT2D eigenvalue weighted by atomic mass is 28.2. The highest BCUT2D eigenvalue weighted by Crippen LogP contribution is 2.21. The fourth-order valence-corrected chi connectivity index (χ4v) is 6.84. The fourth-order valence-electron chi connectivity index (χ4n) is 5.11. The molecule has 0 bridgehead atoms. The third-order valence-electron chi connectivity index (χ3n) is 7.61. The van der Waals surface area contributed by atoms with Crippen LogP contribution >= 0.6 is 0 Å². The third-order valence-corrected chi connectivity index (χ3v) is 9.57. The van der Waals surface area contributed by atoms with Crippen molar-refractivity contribution in [1.82, 2.24) is 15.2 Å². The molecule has 2 unspecified atom stereocenters. The minimum Gasteiger partial charge on any atom is -0.477 e. The SMILES string of the molecule is CCCCCCCCOc1ccc(-c2ncccc2[SiH2]CCCC(C)CCCC(C)CCCCC)nn1. The Morgan fingerprint density at radius 3 is 2.14 bits per heavy atom. The minimum atomic E-state index is -0.368. The van der Waals surface area contributed by atoms with E-state index in [1.807, 2.05) is 18.3 Å². The number of ether oxygens (including phenoxy) is 1. The molecule has 0 radical (unpaired) electrons. The largest absolute Gasteiger partial charge is 0.477 e. The normalized spacial score (nSPS) is 13.3. The second kappa shape index (κ2) is 20.2. The van der Waals surface area contributed by atoms with Crippen LogP contribution in [0.25, 0.3) is 11.4 Å². The van der Waals surface area contributed by atoms with Crippen LogP contribution in [0.15, 0.2) is 30.5 Å². The Hall–Kier alpha value is -1.75. The second-order valence-electron chi connectivity index (χ2n) is 11.3. The summed E-state index contributed by atoms with van der Waals surface area (Å²) in [6, 6.07) is 9.63. The van der Waals surface area contributed by atoms with Gasteiger partial charge in [0.25, 0.3) is 0 Å². The van der Waals surface area contributed by atoms with Gasteiger partial charge in [-0.3, -0.25) is 4.98 Å². The first-order valence-electron chi connectivity index (χ1n) is 15.5. The lowest BCUT2D eigenvalue weighted by Crippen LogP contribution is -2.18. The van der Waals surface area contributed by atoms with Crippen LogP contribution in [-0.2, 0) is 0 Å². The van der Waals surface area contributed by atoms with E-state index in [9.17, 15) is 0 Å². The first-order valence-corrected chi connectivity index (χ1v) is 17.3. The van der Waals surface area contributed by atoms with Crippen LogP contribution in [0.4, 0.5) is 0 Å². The van der Waals surface area contributed by atoms with Gasteiger partial charge in [-0.05, 0) is 35.6 Å². The Labute approximate surface area is 230 Å². The zero-order valence-corrected chi connectivity index (χ0v) is 25.9. The first kappa shape index (κ1) is 31.5. The van der Waals surface area contributed by atoms with Crippen molar-refractivity contribution in [2.75, 3.05) is 6.61 Å². The monoisotopic (exact) mass is 525 g/mol. The maximum absolute atomic E-state index is 5.81. The van der Waals surface area contributed by atoms with Gasteiger partial charge >= 0.3 is 0 Å². The molecule has 2 aromatic heterocycles. The predicted molar refractivity (Wildman–Crippen MR) is 163 cm³/mol. The molecule has 0 aromatic carbocycles. The third kappa shape index (κ3) is 14.1. The summed E-state index contributed by atoms with van der Waals surface area (Å²) in [6.07, 6.45) is 21.9. The molecule has 0 amide bonds. The topological polar surface area (TPSA) is 47.9 Å². The van der Waals surface area contributed by atoms with E-state index >= 15 is 0 Å². The number of hydrogen-bond donors (Lipinski definition) is 0. The lowest BCUT2D eigenvalue weighted by molar-refractivity contribution is 0.290. The van der Waals surface area contributed by atoms with Gasteiger partial charge in [-0.25, -0.2) is 0 Å². The molecule has 0 aliphatic carbocycles. The smallest absolute Gasteiger partial charge is 0.233 e. The molecule has 2 atom stereocenters.